The van der Waals surface area contributed by atoms with Gasteiger partial charge in [-0.2, -0.15) is 5.10 Å². The van der Waals surface area contributed by atoms with Crippen LogP contribution in [0.1, 0.15) is 33.1 Å². The first kappa shape index (κ1) is 19.2. The molecule has 0 radical (unpaired) electrons. The third kappa shape index (κ3) is 3.89. The number of furan rings is 1. The molecule has 0 fully saturated rings. The zero-order chi connectivity index (χ0) is 20.5. The van der Waals surface area contributed by atoms with Gasteiger partial charge in [0.2, 0.25) is 0 Å². The number of carbonyl (C=O) groups is 1. The quantitative estimate of drug-likeness (QED) is 0.322. The molecule has 4 rings (SSSR count). The fourth-order valence-corrected chi connectivity index (χ4v) is 3.73. The Morgan fingerprint density at radius 1 is 1.07 bits per heavy atom. The van der Waals surface area contributed by atoms with Crippen LogP contribution in [0, 0.1) is 20.8 Å². The van der Waals surface area contributed by atoms with E-state index in [0.717, 1.165) is 32.5 Å². The third-order valence-corrected chi connectivity index (χ3v) is 5.33. The highest BCUT2D eigenvalue weighted by atomic mass is 79.9. The minimum atomic E-state index is -0.388. The van der Waals surface area contributed by atoms with Crippen LogP contribution in [-0.4, -0.2) is 16.7 Å². The van der Waals surface area contributed by atoms with E-state index in [1.807, 2.05) is 31.2 Å². The molecule has 5 nitrogen and oxygen atoms in total. The smallest absolute Gasteiger partial charge is 0.307 e. The molecule has 0 spiro atoms. The second kappa shape index (κ2) is 7.72. The molecule has 4 aromatic rings. The van der Waals surface area contributed by atoms with E-state index in [2.05, 4.69) is 69.1 Å². The second-order valence-corrected chi connectivity index (χ2v) is 7.91. The van der Waals surface area contributed by atoms with Crippen LogP contribution in [0.25, 0.3) is 16.7 Å². The van der Waals surface area contributed by atoms with Crippen molar-refractivity contribution in [3.8, 4) is 5.69 Å². The molecule has 0 saturated carbocycles. The molecule has 6 heteroatoms. The fraction of sp³-hybridized carbons (Fsp3) is 0.130. The summed E-state index contributed by atoms with van der Waals surface area (Å²) in [5, 5.41) is 4.98. The molecule has 0 aliphatic heterocycles. The molecule has 1 N–H and O–H groups in total. The van der Waals surface area contributed by atoms with Gasteiger partial charge in [0.05, 0.1) is 6.21 Å². The maximum Gasteiger partial charge on any atom is 0.307 e. The minimum absolute atomic E-state index is 0.223. The molecule has 0 saturated heterocycles. The van der Waals surface area contributed by atoms with Gasteiger partial charge in [-0.25, -0.2) is 5.43 Å². The standard InChI is InChI=1S/C23H20BrN3O2/c1-14-4-7-20(8-5-14)27-15(2)10-18(16(27)3)13-25-26-23(28)22-12-17-11-19(24)6-9-21(17)29-22/h4-13H,1-3H3,(H,26,28)/b25-13-. The molecule has 0 atom stereocenters. The first-order valence-electron chi connectivity index (χ1n) is 9.21. The zero-order valence-corrected chi connectivity index (χ0v) is 17.9. The number of hydrazone groups is 1. The molecule has 2 aromatic heterocycles. The molecule has 0 bridgehead atoms. The number of fused-ring (bicyclic) bond motifs is 1. The van der Waals surface area contributed by atoms with E-state index >= 15 is 0 Å². The van der Waals surface area contributed by atoms with Crippen molar-refractivity contribution in [2.24, 2.45) is 5.10 Å². The number of carbonyl (C=O) groups excluding carboxylic acids is 1. The van der Waals surface area contributed by atoms with Gasteiger partial charge < -0.3 is 8.98 Å². The van der Waals surface area contributed by atoms with Gasteiger partial charge in [0.15, 0.2) is 5.76 Å². The van der Waals surface area contributed by atoms with Crippen molar-refractivity contribution in [2.45, 2.75) is 20.8 Å². The summed E-state index contributed by atoms with van der Waals surface area (Å²) in [5.41, 5.74) is 8.61. The Morgan fingerprint density at radius 3 is 2.59 bits per heavy atom. The lowest BCUT2D eigenvalue weighted by Gasteiger charge is -2.09. The minimum Gasteiger partial charge on any atom is -0.451 e. The van der Waals surface area contributed by atoms with Gasteiger partial charge in [0, 0.05) is 32.5 Å². The average molecular weight is 450 g/mol. The Morgan fingerprint density at radius 2 is 1.83 bits per heavy atom. The zero-order valence-electron chi connectivity index (χ0n) is 16.4. The number of benzene rings is 2. The van der Waals surface area contributed by atoms with Gasteiger partial charge in [-0.1, -0.05) is 33.6 Å². The van der Waals surface area contributed by atoms with Gasteiger partial charge >= 0.3 is 5.91 Å². The van der Waals surface area contributed by atoms with Crippen molar-refractivity contribution in [1.29, 1.82) is 0 Å². The number of aryl methyl sites for hydroxylation is 2. The molecule has 2 heterocycles. The maximum atomic E-state index is 12.4. The summed E-state index contributed by atoms with van der Waals surface area (Å²) in [5.74, 6) is -0.165. The molecular formula is C23H20BrN3O2. The van der Waals surface area contributed by atoms with Crippen molar-refractivity contribution < 1.29 is 9.21 Å². The molecule has 29 heavy (non-hydrogen) atoms. The van der Waals surface area contributed by atoms with Crippen LogP contribution >= 0.6 is 15.9 Å². The first-order chi connectivity index (χ1) is 13.9. The highest BCUT2D eigenvalue weighted by Gasteiger charge is 2.13. The monoisotopic (exact) mass is 449 g/mol. The Balaban J connectivity index is 1.52. The topological polar surface area (TPSA) is 59.5 Å². The molecule has 2 aromatic carbocycles. The summed E-state index contributed by atoms with van der Waals surface area (Å²) in [6.07, 6.45) is 1.66. The van der Waals surface area contributed by atoms with Crippen LogP contribution in [0.2, 0.25) is 0 Å². The van der Waals surface area contributed by atoms with Crippen molar-refractivity contribution in [2.75, 3.05) is 0 Å². The molecule has 1 amide bonds. The predicted octanol–water partition coefficient (Wildman–Crippen LogP) is 5.68. The Hall–Kier alpha value is -3.12. The number of hydrogen-bond acceptors (Lipinski definition) is 3. The lowest BCUT2D eigenvalue weighted by atomic mass is 10.2. The summed E-state index contributed by atoms with van der Waals surface area (Å²) >= 11 is 3.41. The lowest BCUT2D eigenvalue weighted by molar-refractivity contribution is 0.0929. The molecule has 146 valence electrons. The SMILES string of the molecule is Cc1ccc(-n2c(C)cc(/C=N\NC(=O)c3cc4cc(Br)ccc4o3)c2C)cc1. The summed E-state index contributed by atoms with van der Waals surface area (Å²) < 4.78 is 8.69. The van der Waals surface area contributed by atoms with Crippen LogP contribution < -0.4 is 5.43 Å². The molecule has 0 aliphatic rings. The average Bonchev–Trinajstić information content (AvgIpc) is 3.23. The van der Waals surface area contributed by atoms with Crippen LogP contribution in [0.5, 0.6) is 0 Å². The van der Waals surface area contributed by atoms with E-state index in [0.29, 0.717) is 5.58 Å². The normalized spacial score (nSPS) is 11.4. The largest absolute Gasteiger partial charge is 0.451 e. The Labute approximate surface area is 177 Å². The number of halogens is 1. The van der Waals surface area contributed by atoms with Gasteiger partial charge in [-0.15, -0.1) is 0 Å². The molecule has 0 aliphatic carbocycles. The predicted molar refractivity (Wildman–Crippen MR) is 119 cm³/mol. The number of aromatic nitrogens is 1. The van der Waals surface area contributed by atoms with Gasteiger partial charge in [-0.3, -0.25) is 4.79 Å². The van der Waals surface area contributed by atoms with E-state index in [4.69, 9.17) is 4.42 Å². The second-order valence-electron chi connectivity index (χ2n) is 6.99. The van der Waals surface area contributed by atoms with Crippen molar-refractivity contribution in [1.82, 2.24) is 9.99 Å². The number of nitrogens with zero attached hydrogens (tertiary/aromatic N) is 2. The fourth-order valence-electron chi connectivity index (χ4n) is 3.35. The first-order valence-corrected chi connectivity index (χ1v) is 10.00. The summed E-state index contributed by atoms with van der Waals surface area (Å²) in [6.45, 7) is 6.16. The van der Waals surface area contributed by atoms with Gasteiger partial charge in [0.1, 0.15) is 5.58 Å². The van der Waals surface area contributed by atoms with Crippen LogP contribution in [-0.2, 0) is 0 Å². The lowest BCUT2D eigenvalue weighted by Crippen LogP contribution is -2.16. The van der Waals surface area contributed by atoms with E-state index in [9.17, 15) is 4.79 Å². The van der Waals surface area contributed by atoms with Crippen molar-refractivity contribution >= 4 is 39.0 Å². The molecule has 0 unspecified atom stereocenters. The Bertz CT molecular complexity index is 1230. The molecular weight excluding hydrogens is 430 g/mol. The number of nitrogens with one attached hydrogen (secondary N) is 1. The number of rotatable bonds is 4. The van der Waals surface area contributed by atoms with E-state index < -0.39 is 0 Å². The van der Waals surface area contributed by atoms with E-state index in [1.54, 1.807) is 12.3 Å². The van der Waals surface area contributed by atoms with E-state index in [-0.39, 0.29) is 11.7 Å². The Kier molecular flexibility index (Phi) is 5.11. The van der Waals surface area contributed by atoms with Gasteiger partial charge in [-0.05, 0) is 63.2 Å². The maximum absolute atomic E-state index is 12.4. The van der Waals surface area contributed by atoms with Crippen LogP contribution in [0.4, 0.5) is 0 Å². The number of hydrogen-bond donors (Lipinski definition) is 1. The highest BCUT2D eigenvalue weighted by molar-refractivity contribution is 9.10. The van der Waals surface area contributed by atoms with Crippen molar-refractivity contribution in [3.05, 3.63) is 87.3 Å². The summed E-state index contributed by atoms with van der Waals surface area (Å²) in [4.78, 5) is 12.4. The van der Waals surface area contributed by atoms with Gasteiger partial charge in [0.25, 0.3) is 0 Å². The van der Waals surface area contributed by atoms with E-state index in [1.165, 1.54) is 5.56 Å². The number of amides is 1. The van der Waals surface area contributed by atoms with Crippen molar-refractivity contribution in [3.63, 3.8) is 0 Å². The van der Waals surface area contributed by atoms with Crippen LogP contribution in [0.3, 0.4) is 0 Å². The third-order valence-electron chi connectivity index (χ3n) is 4.83. The highest BCUT2D eigenvalue weighted by Crippen LogP contribution is 2.23. The summed E-state index contributed by atoms with van der Waals surface area (Å²) in [7, 11) is 0. The van der Waals surface area contributed by atoms with Crippen LogP contribution in [0.15, 0.2) is 68.6 Å². The summed E-state index contributed by atoms with van der Waals surface area (Å²) in [6, 6.07) is 17.7.